The van der Waals surface area contributed by atoms with Crippen LogP contribution in [-0.2, 0) is 10.0 Å². The molecule has 1 heterocycles. The van der Waals surface area contributed by atoms with E-state index in [0.29, 0.717) is 17.2 Å². The first-order valence-electron chi connectivity index (χ1n) is 7.93. The molecule has 0 radical (unpaired) electrons. The van der Waals surface area contributed by atoms with Gasteiger partial charge in [0, 0.05) is 10.2 Å². The summed E-state index contributed by atoms with van der Waals surface area (Å²) in [6, 6.07) is 17.9. The Bertz CT molecular complexity index is 1140. The Labute approximate surface area is 164 Å². The van der Waals surface area contributed by atoms with Crippen LogP contribution < -0.4 is 14.8 Å². The standard InChI is InChI=1S/C19H13BrN2O4S/c20-12-5-8-14(9-6-12)27(24,25)22-13-7-10-17-15(11-13)19(23)21-16-3-1-2-4-18(16)26-17/h1-11,22H,(H,21,23). The molecule has 6 nitrogen and oxygen atoms in total. The summed E-state index contributed by atoms with van der Waals surface area (Å²) in [6.45, 7) is 0. The second-order valence-electron chi connectivity index (χ2n) is 5.82. The number of sulfonamides is 1. The van der Waals surface area contributed by atoms with E-state index in [9.17, 15) is 13.2 Å². The quantitative estimate of drug-likeness (QED) is 0.617. The van der Waals surface area contributed by atoms with Gasteiger partial charge in [-0.1, -0.05) is 28.1 Å². The highest BCUT2D eigenvalue weighted by molar-refractivity contribution is 9.10. The third-order valence-electron chi connectivity index (χ3n) is 3.96. The third-order valence-corrected chi connectivity index (χ3v) is 5.88. The number of anilines is 2. The number of benzene rings is 3. The molecule has 0 unspecified atom stereocenters. The molecule has 1 aliphatic heterocycles. The number of hydrogen-bond acceptors (Lipinski definition) is 4. The molecule has 0 saturated carbocycles. The number of ether oxygens (including phenoxy) is 1. The molecule has 0 fully saturated rings. The van der Waals surface area contributed by atoms with Crippen LogP contribution in [-0.4, -0.2) is 14.3 Å². The summed E-state index contributed by atoms with van der Waals surface area (Å²) in [4.78, 5) is 12.6. The van der Waals surface area contributed by atoms with E-state index in [1.165, 1.54) is 18.2 Å². The Morgan fingerprint density at radius 3 is 2.44 bits per heavy atom. The van der Waals surface area contributed by atoms with E-state index in [4.69, 9.17) is 4.74 Å². The molecular formula is C19H13BrN2O4S. The Balaban J connectivity index is 1.66. The van der Waals surface area contributed by atoms with E-state index in [0.717, 1.165) is 4.47 Å². The number of nitrogens with one attached hydrogen (secondary N) is 2. The molecule has 0 bridgehead atoms. The van der Waals surface area contributed by atoms with Gasteiger partial charge in [0.2, 0.25) is 0 Å². The van der Waals surface area contributed by atoms with Crippen molar-refractivity contribution < 1.29 is 17.9 Å². The van der Waals surface area contributed by atoms with Crippen LogP contribution in [0.3, 0.4) is 0 Å². The first-order chi connectivity index (χ1) is 12.9. The minimum atomic E-state index is -3.78. The zero-order valence-electron chi connectivity index (χ0n) is 13.8. The van der Waals surface area contributed by atoms with Gasteiger partial charge in [-0.25, -0.2) is 8.42 Å². The van der Waals surface area contributed by atoms with Crippen LogP contribution in [0, 0.1) is 0 Å². The molecule has 27 heavy (non-hydrogen) atoms. The molecule has 4 rings (SSSR count). The van der Waals surface area contributed by atoms with Crippen molar-refractivity contribution >= 4 is 43.2 Å². The molecule has 0 saturated heterocycles. The maximum atomic E-state index is 12.6. The van der Waals surface area contributed by atoms with Gasteiger partial charge in [0.1, 0.15) is 5.75 Å². The fraction of sp³-hybridized carbons (Fsp3) is 0. The van der Waals surface area contributed by atoms with Crippen LogP contribution in [0.1, 0.15) is 10.4 Å². The van der Waals surface area contributed by atoms with Gasteiger partial charge in [0.05, 0.1) is 16.1 Å². The average molecular weight is 445 g/mol. The van der Waals surface area contributed by atoms with Crippen molar-refractivity contribution in [1.29, 1.82) is 0 Å². The normalized spacial score (nSPS) is 12.9. The monoisotopic (exact) mass is 444 g/mol. The van der Waals surface area contributed by atoms with Crippen molar-refractivity contribution in [3.05, 3.63) is 76.8 Å². The molecule has 3 aromatic rings. The molecule has 0 aliphatic carbocycles. The fourth-order valence-electron chi connectivity index (χ4n) is 2.65. The summed E-state index contributed by atoms with van der Waals surface area (Å²) >= 11 is 3.27. The third kappa shape index (κ3) is 3.54. The molecule has 2 N–H and O–H groups in total. The molecule has 0 spiro atoms. The van der Waals surface area contributed by atoms with Gasteiger partial charge >= 0.3 is 0 Å². The second kappa shape index (κ2) is 6.71. The SMILES string of the molecule is O=C1Nc2ccccc2Oc2ccc(NS(=O)(=O)c3ccc(Br)cc3)cc21. The number of fused-ring (bicyclic) bond motifs is 2. The number of carbonyl (C=O) groups is 1. The minimum absolute atomic E-state index is 0.119. The van der Waals surface area contributed by atoms with Gasteiger partial charge in [-0.15, -0.1) is 0 Å². The Morgan fingerprint density at radius 2 is 1.67 bits per heavy atom. The number of hydrogen-bond donors (Lipinski definition) is 2. The first kappa shape index (κ1) is 17.6. The maximum Gasteiger partial charge on any atom is 0.261 e. The van der Waals surface area contributed by atoms with E-state index in [1.807, 2.05) is 0 Å². The van der Waals surface area contributed by atoms with Crippen molar-refractivity contribution in [2.24, 2.45) is 0 Å². The highest BCUT2D eigenvalue weighted by atomic mass is 79.9. The molecule has 0 aromatic heterocycles. The summed E-state index contributed by atoms with van der Waals surface area (Å²) in [5, 5.41) is 2.76. The molecule has 1 aliphatic rings. The van der Waals surface area contributed by atoms with Crippen LogP contribution in [0.2, 0.25) is 0 Å². The lowest BCUT2D eigenvalue weighted by molar-refractivity contribution is 0.102. The van der Waals surface area contributed by atoms with Crippen molar-refractivity contribution in [3.8, 4) is 11.5 Å². The molecule has 136 valence electrons. The van der Waals surface area contributed by atoms with E-state index in [1.54, 1.807) is 48.5 Å². The highest BCUT2D eigenvalue weighted by Gasteiger charge is 2.22. The number of carbonyl (C=O) groups excluding carboxylic acids is 1. The average Bonchev–Trinajstić information content (AvgIpc) is 2.78. The van der Waals surface area contributed by atoms with Gasteiger partial charge in [-0.2, -0.15) is 0 Å². The maximum absolute atomic E-state index is 12.6. The van der Waals surface area contributed by atoms with Crippen molar-refractivity contribution in [2.75, 3.05) is 10.0 Å². The Hall–Kier alpha value is -2.84. The van der Waals surface area contributed by atoms with Crippen LogP contribution in [0.25, 0.3) is 0 Å². The first-order valence-corrected chi connectivity index (χ1v) is 10.2. The predicted octanol–water partition coefficient (Wildman–Crippen LogP) is 4.61. The highest BCUT2D eigenvalue weighted by Crippen LogP contribution is 2.36. The largest absolute Gasteiger partial charge is 0.454 e. The van der Waals surface area contributed by atoms with Crippen LogP contribution in [0.4, 0.5) is 11.4 Å². The lowest BCUT2D eigenvalue weighted by Crippen LogP contribution is -2.14. The van der Waals surface area contributed by atoms with Crippen LogP contribution >= 0.6 is 15.9 Å². The summed E-state index contributed by atoms with van der Waals surface area (Å²) < 4.78 is 34.2. The minimum Gasteiger partial charge on any atom is -0.454 e. The van der Waals surface area contributed by atoms with Gasteiger partial charge in [-0.05, 0) is 54.6 Å². The number of para-hydroxylation sites is 2. The van der Waals surface area contributed by atoms with Gasteiger partial charge in [-0.3, -0.25) is 9.52 Å². The summed E-state index contributed by atoms with van der Waals surface area (Å²) in [7, 11) is -3.78. The van der Waals surface area contributed by atoms with Crippen LogP contribution in [0.5, 0.6) is 11.5 Å². The summed E-state index contributed by atoms with van der Waals surface area (Å²) in [5.41, 5.74) is 1.05. The topological polar surface area (TPSA) is 84.5 Å². The predicted molar refractivity (Wildman–Crippen MR) is 106 cm³/mol. The van der Waals surface area contributed by atoms with Gasteiger partial charge < -0.3 is 10.1 Å². The van der Waals surface area contributed by atoms with E-state index >= 15 is 0 Å². The van der Waals surface area contributed by atoms with Gasteiger partial charge in [0.25, 0.3) is 15.9 Å². The van der Waals surface area contributed by atoms with Crippen molar-refractivity contribution in [2.45, 2.75) is 4.90 Å². The van der Waals surface area contributed by atoms with Crippen LogP contribution in [0.15, 0.2) is 76.1 Å². The smallest absolute Gasteiger partial charge is 0.261 e. The molecule has 3 aromatic carbocycles. The lowest BCUT2D eigenvalue weighted by Gasteiger charge is -2.11. The van der Waals surface area contributed by atoms with E-state index < -0.39 is 10.0 Å². The Kier molecular flexibility index (Phi) is 4.37. The summed E-state index contributed by atoms with van der Waals surface area (Å²) in [6.07, 6.45) is 0. The lowest BCUT2D eigenvalue weighted by atomic mass is 10.1. The van der Waals surface area contributed by atoms with E-state index in [-0.39, 0.29) is 22.1 Å². The van der Waals surface area contributed by atoms with Gasteiger partial charge in [0.15, 0.2) is 5.75 Å². The number of amides is 1. The van der Waals surface area contributed by atoms with E-state index in [2.05, 4.69) is 26.0 Å². The molecule has 1 amide bonds. The number of rotatable bonds is 3. The second-order valence-corrected chi connectivity index (χ2v) is 8.42. The zero-order chi connectivity index (χ0) is 19.0. The fourth-order valence-corrected chi connectivity index (χ4v) is 3.97. The van der Waals surface area contributed by atoms with Crippen molar-refractivity contribution in [3.63, 3.8) is 0 Å². The zero-order valence-corrected chi connectivity index (χ0v) is 16.2. The Morgan fingerprint density at radius 1 is 0.926 bits per heavy atom. The molecular weight excluding hydrogens is 432 g/mol. The molecule has 8 heteroatoms. The molecule has 0 atom stereocenters. The number of halogens is 1. The van der Waals surface area contributed by atoms with Crippen molar-refractivity contribution in [1.82, 2.24) is 0 Å². The summed E-state index contributed by atoms with van der Waals surface area (Å²) in [5.74, 6) is 0.497.